The fourth-order valence-corrected chi connectivity index (χ4v) is 1.94. The Morgan fingerprint density at radius 3 is 3.00 bits per heavy atom. The summed E-state index contributed by atoms with van der Waals surface area (Å²) in [5, 5.41) is 13.0. The van der Waals surface area contributed by atoms with E-state index in [2.05, 4.69) is 10.3 Å². The molecule has 2 heterocycles. The molecule has 17 heavy (non-hydrogen) atoms. The Kier molecular flexibility index (Phi) is 2.08. The van der Waals surface area contributed by atoms with Gasteiger partial charge in [0.2, 0.25) is 0 Å². The van der Waals surface area contributed by atoms with Crippen molar-refractivity contribution >= 4 is 28.8 Å². The third-order valence-corrected chi connectivity index (χ3v) is 2.80. The number of benzene rings is 1. The van der Waals surface area contributed by atoms with Gasteiger partial charge in [0.25, 0.3) is 0 Å². The van der Waals surface area contributed by atoms with Crippen molar-refractivity contribution < 1.29 is 9.90 Å². The fraction of sp³-hybridized carbons (Fsp3) is 0.0769. The minimum Gasteiger partial charge on any atom is -0.478 e. The van der Waals surface area contributed by atoms with E-state index in [1.165, 1.54) is 0 Å². The lowest BCUT2D eigenvalue weighted by molar-refractivity contribution is -0.132. The molecular weight excluding hydrogens is 216 g/mol. The molecule has 0 unspecified atom stereocenters. The molecule has 0 spiro atoms. The lowest BCUT2D eigenvalue weighted by Gasteiger charge is -2.16. The molecule has 4 heteroatoms. The summed E-state index contributed by atoms with van der Waals surface area (Å²) in [5.74, 6) is -0.148. The maximum absolute atomic E-state index is 10.9. The zero-order valence-electron chi connectivity index (χ0n) is 8.97. The van der Waals surface area contributed by atoms with Crippen molar-refractivity contribution in [1.82, 2.24) is 4.98 Å². The Hall–Kier alpha value is -2.36. The number of aromatic nitrogens is 1. The summed E-state index contributed by atoms with van der Waals surface area (Å²) in [6.45, 7) is 0.313. The van der Waals surface area contributed by atoms with Crippen LogP contribution in [0.2, 0.25) is 0 Å². The highest BCUT2D eigenvalue weighted by atomic mass is 16.4. The molecule has 0 saturated carbocycles. The number of fused-ring (bicyclic) bond motifs is 2. The summed E-state index contributed by atoms with van der Waals surface area (Å²) in [5.41, 5.74) is 2.09. The van der Waals surface area contributed by atoms with Crippen molar-refractivity contribution in [2.75, 3.05) is 11.9 Å². The van der Waals surface area contributed by atoms with Crippen molar-refractivity contribution in [2.24, 2.45) is 0 Å². The van der Waals surface area contributed by atoms with Gasteiger partial charge in [0.1, 0.15) is 5.82 Å². The molecule has 1 aliphatic heterocycles. The number of anilines is 1. The zero-order chi connectivity index (χ0) is 11.8. The Morgan fingerprint density at radius 1 is 1.35 bits per heavy atom. The predicted octanol–water partition coefficient (Wildman–Crippen LogP) is 2.13. The number of carboxylic acid groups (broad SMARTS) is 1. The minimum atomic E-state index is -0.892. The standard InChI is InChI=1S/C13H10N2O2/c16-13(17)10-6-9-5-8-3-1-2-4-11(8)15-12(9)14-7-10/h1-6H,7H2,(H,14,15)(H,16,17). The number of nitrogens with one attached hydrogen (secondary N) is 1. The lowest BCUT2D eigenvalue weighted by atomic mass is 10.1. The highest BCUT2D eigenvalue weighted by Crippen LogP contribution is 2.25. The van der Waals surface area contributed by atoms with Gasteiger partial charge < -0.3 is 10.4 Å². The van der Waals surface area contributed by atoms with Crippen molar-refractivity contribution in [3.63, 3.8) is 0 Å². The number of aliphatic carboxylic acids is 1. The first-order valence-electron chi connectivity index (χ1n) is 5.31. The second kappa shape index (κ2) is 3.59. The van der Waals surface area contributed by atoms with Crippen LogP contribution in [0.1, 0.15) is 5.56 Å². The van der Waals surface area contributed by atoms with Crippen LogP contribution in [0, 0.1) is 0 Å². The van der Waals surface area contributed by atoms with Crippen LogP contribution in [0.25, 0.3) is 17.0 Å². The summed E-state index contributed by atoms with van der Waals surface area (Å²) < 4.78 is 0. The Balaban J connectivity index is 2.20. The van der Waals surface area contributed by atoms with Gasteiger partial charge in [-0.1, -0.05) is 18.2 Å². The Morgan fingerprint density at radius 2 is 2.18 bits per heavy atom. The van der Waals surface area contributed by atoms with Crippen LogP contribution in [0.5, 0.6) is 0 Å². The summed E-state index contributed by atoms with van der Waals surface area (Å²) in [6.07, 6.45) is 1.67. The lowest BCUT2D eigenvalue weighted by Crippen LogP contribution is -2.17. The molecule has 1 aromatic heterocycles. The highest BCUT2D eigenvalue weighted by molar-refractivity contribution is 5.97. The van der Waals surface area contributed by atoms with E-state index in [1.54, 1.807) is 6.08 Å². The third-order valence-electron chi connectivity index (χ3n) is 2.80. The molecule has 3 rings (SSSR count). The van der Waals surface area contributed by atoms with Crippen LogP contribution in [0.3, 0.4) is 0 Å². The van der Waals surface area contributed by atoms with Gasteiger partial charge >= 0.3 is 5.97 Å². The molecule has 1 aromatic carbocycles. The molecule has 0 radical (unpaired) electrons. The molecule has 0 atom stereocenters. The van der Waals surface area contributed by atoms with Crippen molar-refractivity contribution in [3.05, 3.63) is 41.5 Å². The van der Waals surface area contributed by atoms with Crippen LogP contribution in [-0.4, -0.2) is 22.6 Å². The smallest absolute Gasteiger partial charge is 0.333 e. The number of hydrogen-bond donors (Lipinski definition) is 2. The number of pyridine rings is 1. The van der Waals surface area contributed by atoms with E-state index in [0.29, 0.717) is 12.1 Å². The molecule has 4 nitrogen and oxygen atoms in total. The van der Waals surface area contributed by atoms with Crippen LogP contribution >= 0.6 is 0 Å². The van der Waals surface area contributed by atoms with Gasteiger partial charge in [-0.3, -0.25) is 0 Å². The van der Waals surface area contributed by atoms with Crippen LogP contribution in [0.4, 0.5) is 5.82 Å². The van der Waals surface area contributed by atoms with E-state index in [-0.39, 0.29) is 0 Å². The van der Waals surface area contributed by atoms with E-state index in [0.717, 1.165) is 22.3 Å². The van der Waals surface area contributed by atoms with Gasteiger partial charge in [0.05, 0.1) is 11.1 Å². The van der Waals surface area contributed by atoms with Gasteiger partial charge in [-0.15, -0.1) is 0 Å². The number of para-hydroxylation sites is 1. The molecule has 0 fully saturated rings. The van der Waals surface area contributed by atoms with Crippen LogP contribution in [-0.2, 0) is 4.79 Å². The fourth-order valence-electron chi connectivity index (χ4n) is 1.94. The summed E-state index contributed by atoms with van der Waals surface area (Å²) in [6, 6.07) is 9.73. The topological polar surface area (TPSA) is 62.2 Å². The first kappa shape index (κ1) is 9.84. The molecule has 0 amide bonds. The summed E-state index contributed by atoms with van der Waals surface area (Å²) in [4.78, 5) is 15.4. The van der Waals surface area contributed by atoms with E-state index in [1.807, 2.05) is 30.3 Å². The number of nitrogens with zero attached hydrogens (tertiary/aromatic N) is 1. The average Bonchev–Trinajstić information content (AvgIpc) is 2.35. The van der Waals surface area contributed by atoms with Crippen molar-refractivity contribution in [2.45, 2.75) is 0 Å². The normalized spacial score (nSPS) is 13.8. The molecule has 2 aromatic rings. The molecule has 1 aliphatic rings. The molecular formula is C13H10N2O2. The van der Waals surface area contributed by atoms with E-state index < -0.39 is 5.97 Å². The van der Waals surface area contributed by atoms with E-state index in [4.69, 9.17) is 5.11 Å². The molecule has 0 saturated heterocycles. The van der Waals surface area contributed by atoms with Crippen molar-refractivity contribution in [3.8, 4) is 0 Å². The Bertz CT molecular complexity index is 647. The van der Waals surface area contributed by atoms with Gasteiger partial charge in [0, 0.05) is 17.5 Å². The van der Waals surface area contributed by atoms with Crippen molar-refractivity contribution in [1.29, 1.82) is 0 Å². The molecule has 0 bridgehead atoms. The SMILES string of the molecule is O=C(O)C1=Cc2cc3ccccc3nc2NC1. The van der Waals surface area contributed by atoms with E-state index in [9.17, 15) is 4.79 Å². The Labute approximate surface area is 97.6 Å². The second-order valence-electron chi connectivity index (χ2n) is 3.95. The number of rotatable bonds is 1. The van der Waals surface area contributed by atoms with Gasteiger partial charge in [-0.05, 0) is 18.2 Å². The molecule has 0 aliphatic carbocycles. The quantitative estimate of drug-likeness (QED) is 0.781. The largest absolute Gasteiger partial charge is 0.478 e. The van der Waals surface area contributed by atoms with Gasteiger partial charge in [-0.2, -0.15) is 0 Å². The maximum atomic E-state index is 10.9. The third kappa shape index (κ3) is 1.63. The van der Waals surface area contributed by atoms with Crippen LogP contribution in [0.15, 0.2) is 35.9 Å². The minimum absolute atomic E-state index is 0.313. The molecule has 84 valence electrons. The second-order valence-corrected chi connectivity index (χ2v) is 3.95. The number of carbonyl (C=O) groups is 1. The first-order chi connectivity index (χ1) is 8.24. The van der Waals surface area contributed by atoms with Gasteiger partial charge in [0.15, 0.2) is 0 Å². The monoisotopic (exact) mass is 226 g/mol. The molecule has 2 N–H and O–H groups in total. The van der Waals surface area contributed by atoms with Gasteiger partial charge in [-0.25, -0.2) is 9.78 Å². The zero-order valence-corrected chi connectivity index (χ0v) is 8.97. The average molecular weight is 226 g/mol. The highest BCUT2D eigenvalue weighted by Gasteiger charge is 2.15. The number of hydrogen-bond acceptors (Lipinski definition) is 3. The summed E-state index contributed by atoms with van der Waals surface area (Å²) in [7, 11) is 0. The first-order valence-corrected chi connectivity index (χ1v) is 5.31. The number of carboxylic acids is 1. The predicted molar refractivity (Wildman–Crippen MR) is 65.8 cm³/mol. The maximum Gasteiger partial charge on any atom is 0.333 e. The summed E-state index contributed by atoms with van der Waals surface area (Å²) >= 11 is 0. The van der Waals surface area contributed by atoms with Crippen LogP contribution < -0.4 is 5.32 Å². The van der Waals surface area contributed by atoms with E-state index >= 15 is 0 Å².